The second-order valence-corrected chi connectivity index (χ2v) is 3.21. The van der Waals surface area contributed by atoms with Gasteiger partial charge in [-0.1, -0.05) is 17.3 Å². The maximum atomic E-state index is 11.3. The summed E-state index contributed by atoms with van der Waals surface area (Å²) in [5.74, 6) is -0.0202. The molecule has 0 bridgehead atoms. The quantitative estimate of drug-likeness (QED) is 0.735. The third-order valence-corrected chi connectivity index (χ3v) is 2.05. The smallest absolute Gasteiger partial charge is 0.179 e. The zero-order valence-corrected chi connectivity index (χ0v) is 8.38. The Morgan fingerprint density at radius 2 is 2.27 bits per heavy atom. The lowest BCUT2D eigenvalue weighted by atomic mass is 10.3. The first-order valence-corrected chi connectivity index (χ1v) is 4.60. The Kier molecular flexibility index (Phi) is 2.73. The molecule has 0 radical (unpaired) electrons. The molecule has 0 spiro atoms. The van der Waals surface area contributed by atoms with E-state index in [1.807, 2.05) is 24.3 Å². The predicted octanol–water partition coefficient (Wildman–Crippen LogP) is 0.647. The molecule has 2 aromatic rings. The van der Waals surface area contributed by atoms with E-state index in [2.05, 4.69) is 10.3 Å². The number of carbonyl (C=O) groups excluding carboxylic acids is 1. The van der Waals surface area contributed by atoms with Gasteiger partial charge in [0.05, 0.1) is 5.52 Å². The van der Waals surface area contributed by atoms with E-state index in [-0.39, 0.29) is 18.9 Å². The molecular weight excluding hydrogens is 194 g/mol. The molecule has 0 N–H and O–H groups in total. The average Bonchev–Trinajstić information content (AvgIpc) is 2.62. The number of rotatable bonds is 4. The number of hydrogen-bond donors (Lipinski definition) is 0. The number of carbonyl (C=O) groups is 1. The summed E-state index contributed by atoms with van der Waals surface area (Å²) in [6, 6.07) is 7.52. The van der Waals surface area contributed by atoms with Crippen LogP contribution in [0, 0.1) is 0 Å². The summed E-state index contributed by atoms with van der Waals surface area (Å²) >= 11 is 0. The van der Waals surface area contributed by atoms with Gasteiger partial charge >= 0.3 is 0 Å². The van der Waals surface area contributed by atoms with Gasteiger partial charge < -0.3 is 4.74 Å². The van der Waals surface area contributed by atoms with Crippen molar-refractivity contribution in [2.75, 3.05) is 13.7 Å². The molecule has 1 heterocycles. The Morgan fingerprint density at radius 1 is 1.47 bits per heavy atom. The number of benzene rings is 1. The highest BCUT2D eigenvalue weighted by Gasteiger charge is 2.07. The summed E-state index contributed by atoms with van der Waals surface area (Å²) in [4.78, 5) is 11.3. The molecule has 1 aromatic carbocycles. The molecule has 0 unspecified atom stereocenters. The van der Waals surface area contributed by atoms with E-state index in [0.717, 1.165) is 11.0 Å². The van der Waals surface area contributed by atoms with Gasteiger partial charge in [-0.25, -0.2) is 4.68 Å². The van der Waals surface area contributed by atoms with E-state index in [1.54, 1.807) is 4.68 Å². The van der Waals surface area contributed by atoms with Crippen LogP contribution in [0.25, 0.3) is 11.0 Å². The second-order valence-electron chi connectivity index (χ2n) is 3.21. The van der Waals surface area contributed by atoms with Crippen molar-refractivity contribution in [3.63, 3.8) is 0 Å². The van der Waals surface area contributed by atoms with Gasteiger partial charge in [-0.3, -0.25) is 4.79 Å². The van der Waals surface area contributed by atoms with Gasteiger partial charge in [-0.2, -0.15) is 0 Å². The zero-order chi connectivity index (χ0) is 10.7. The van der Waals surface area contributed by atoms with Crippen molar-refractivity contribution >= 4 is 16.8 Å². The number of methoxy groups -OCH3 is 1. The first kappa shape index (κ1) is 9.79. The van der Waals surface area contributed by atoms with Crippen LogP contribution in [0.2, 0.25) is 0 Å². The van der Waals surface area contributed by atoms with Crippen LogP contribution in [0.4, 0.5) is 0 Å². The fraction of sp³-hybridized carbons (Fsp3) is 0.300. The summed E-state index contributed by atoms with van der Waals surface area (Å²) in [5.41, 5.74) is 1.66. The van der Waals surface area contributed by atoms with Gasteiger partial charge in [0.1, 0.15) is 18.7 Å². The van der Waals surface area contributed by atoms with Crippen molar-refractivity contribution in [3.8, 4) is 0 Å². The van der Waals surface area contributed by atoms with Crippen molar-refractivity contribution in [1.29, 1.82) is 0 Å². The maximum absolute atomic E-state index is 11.3. The zero-order valence-electron chi connectivity index (χ0n) is 8.38. The van der Waals surface area contributed by atoms with Gasteiger partial charge in [0, 0.05) is 7.11 Å². The molecule has 0 aliphatic rings. The fourth-order valence-corrected chi connectivity index (χ4v) is 1.41. The van der Waals surface area contributed by atoms with Crippen LogP contribution in [0.1, 0.15) is 0 Å². The third kappa shape index (κ3) is 2.02. The Bertz CT molecular complexity index is 478. The summed E-state index contributed by atoms with van der Waals surface area (Å²) in [5, 5.41) is 7.86. The number of fused-ring (bicyclic) bond motifs is 1. The normalized spacial score (nSPS) is 10.7. The number of Topliss-reactive ketones (excluding diaryl/α,β-unsaturated/α-hetero) is 1. The summed E-state index contributed by atoms with van der Waals surface area (Å²) < 4.78 is 6.33. The molecule has 5 nitrogen and oxygen atoms in total. The summed E-state index contributed by atoms with van der Waals surface area (Å²) in [7, 11) is 1.50. The molecule has 0 saturated carbocycles. The van der Waals surface area contributed by atoms with Crippen molar-refractivity contribution < 1.29 is 9.53 Å². The lowest BCUT2D eigenvalue weighted by Crippen LogP contribution is -2.15. The number of aromatic nitrogens is 3. The van der Waals surface area contributed by atoms with Crippen LogP contribution in [-0.2, 0) is 16.1 Å². The van der Waals surface area contributed by atoms with E-state index >= 15 is 0 Å². The molecule has 0 amide bonds. The van der Waals surface area contributed by atoms with Gasteiger partial charge in [0.15, 0.2) is 5.78 Å². The summed E-state index contributed by atoms with van der Waals surface area (Å²) in [6.45, 7) is 0.308. The predicted molar refractivity (Wildman–Crippen MR) is 54.4 cm³/mol. The molecule has 0 aliphatic carbocycles. The van der Waals surface area contributed by atoms with E-state index in [4.69, 9.17) is 4.74 Å². The molecule has 15 heavy (non-hydrogen) atoms. The molecule has 78 valence electrons. The highest BCUT2D eigenvalue weighted by Crippen LogP contribution is 2.09. The molecular formula is C10H11N3O2. The van der Waals surface area contributed by atoms with E-state index in [1.165, 1.54) is 7.11 Å². The highest BCUT2D eigenvalue weighted by atomic mass is 16.5. The van der Waals surface area contributed by atoms with Crippen LogP contribution in [0.5, 0.6) is 0 Å². The van der Waals surface area contributed by atoms with E-state index in [9.17, 15) is 4.79 Å². The minimum atomic E-state index is -0.0202. The van der Waals surface area contributed by atoms with Crippen molar-refractivity contribution in [3.05, 3.63) is 24.3 Å². The second kappa shape index (κ2) is 4.18. The lowest BCUT2D eigenvalue weighted by molar-refractivity contribution is -0.123. The van der Waals surface area contributed by atoms with Gasteiger partial charge in [-0.15, -0.1) is 5.10 Å². The molecule has 1 aromatic heterocycles. The van der Waals surface area contributed by atoms with Crippen LogP contribution >= 0.6 is 0 Å². The largest absolute Gasteiger partial charge is 0.377 e. The topological polar surface area (TPSA) is 57.0 Å². The van der Waals surface area contributed by atoms with Crippen molar-refractivity contribution in [1.82, 2.24) is 15.0 Å². The van der Waals surface area contributed by atoms with Crippen molar-refractivity contribution in [2.45, 2.75) is 6.54 Å². The fourth-order valence-electron chi connectivity index (χ4n) is 1.41. The number of hydrogen-bond acceptors (Lipinski definition) is 4. The average molecular weight is 205 g/mol. The van der Waals surface area contributed by atoms with E-state index in [0.29, 0.717) is 0 Å². The molecule has 0 saturated heterocycles. The number of ether oxygens (including phenoxy) is 1. The molecule has 0 atom stereocenters. The van der Waals surface area contributed by atoms with Gasteiger partial charge in [0.2, 0.25) is 0 Å². The Balaban J connectivity index is 2.25. The third-order valence-electron chi connectivity index (χ3n) is 2.05. The Labute approximate surface area is 86.6 Å². The SMILES string of the molecule is COCC(=O)Cn1nnc2ccccc21. The molecule has 5 heteroatoms. The van der Waals surface area contributed by atoms with Crippen LogP contribution < -0.4 is 0 Å². The number of ketones is 1. The highest BCUT2D eigenvalue weighted by molar-refractivity contribution is 5.82. The first-order valence-electron chi connectivity index (χ1n) is 4.60. The minimum Gasteiger partial charge on any atom is -0.377 e. The number of para-hydroxylation sites is 1. The van der Waals surface area contributed by atoms with E-state index < -0.39 is 0 Å². The molecule has 0 fully saturated rings. The van der Waals surface area contributed by atoms with Gasteiger partial charge in [-0.05, 0) is 12.1 Å². The minimum absolute atomic E-state index is 0.0202. The lowest BCUT2D eigenvalue weighted by Gasteiger charge is -2.00. The van der Waals surface area contributed by atoms with Crippen molar-refractivity contribution in [2.24, 2.45) is 0 Å². The summed E-state index contributed by atoms with van der Waals surface area (Å²) in [6.07, 6.45) is 0. The Morgan fingerprint density at radius 3 is 3.07 bits per heavy atom. The monoisotopic (exact) mass is 205 g/mol. The number of nitrogens with zero attached hydrogens (tertiary/aromatic N) is 3. The van der Waals surface area contributed by atoms with Crippen LogP contribution in [-0.4, -0.2) is 34.5 Å². The molecule has 0 aliphatic heterocycles. The first-order chi connectivity index (χ1) is 7.31. The Hall–Kier alpha value is -1.75. The molecule has 2 rings (SSSR count). The van der Waals surface area contributed by atoms with Crippen LogP contribution in [0.15, 0.2) is 24.3 Å². The van der Waals surface area contributed by atoms with Crippen LogP contribution in [0.3, 0.4) is 0 Å². The van der Waals surface area contributed by atoms with Gasteiger partial charge in [0.25, 0.3) is 0 Å². The standard InChI is InChI=1S/C10H11N3O2/c1-15-7-8(14)6-13-10-5-3-2-4-9(10)11-12-13/h2-5H,6-7H2,1H3. The maximum Gasteiger partial charge on any atom is 0.179 e.